The molecular formula is C95H116Br5N7O10S6. The number of nitrogens with zero attached hydrogens (tertiary/aromatic N) is 3. The standard InChI is InChI=1S/C25H34O2S.C23H26N2O2S2.C18H18N2O2S2.C11H13Br2NO2.C9H13BrN2O2S.C8H8Br2.CH4/c1-4-7-11-20(5-2)19-27-25(26)14-15-28-24-17-21(6-3)16-23(18-24)22-12-9-8-10-13-22;1-5-16-11-18(17-9-7-6-8-10-17)13-19(12-16)28-21-15-24-20(29-21)14-25-22(26)27-23(2,3)4;1-2-13-8-15(14-6-4-3-5-7-14)10-16(9-13)24(21,22)18-12-20-17(11-19)23-18;1-11(2,3)16-10(15)14-9-5-7(12)4-8(13)6-9;1-9(2,3)14-8(13)12-5-7-11-4-6(10)15-7;1-2-6-3-7(9)5-8(10)4-6;/h8-10,12-13,16-18,20H,4-7,11,14-15,19H2,1-3H3;6-13,15H,5,14H2,1-4H3,(H,25,26);3-10,12H,2,11,19H2,1H3;4-6H,1-3H3,(H,14,15);4H,5H2,1-3H3,(H,12,13);3-5H,2H2,1H3;1H4. The number of unbranched alkanes of at least 4 members (excludes halogenated alkanes) is 1. The van der Waals surface area contributed by atoms with E-state index in [4.69, 9.17) is 24.7 Å². The van der Waals surface area contributed by atoms with Crippen molar-refractivity contribution < 1.29 is 46.5 Å². The number of esters is 1. The molecule has 1 unspecified atom stereocenters. The number of carbonyl (C=O) groups is 4. The SMILES string of the molecule is C.CC(C)(C)OC(=O)NCc1ncc(Br)s1.CC(C)(C)OC(=O)Nc1cc(Br)cc(Br)c1.CCCCC(CC)COC(=O)CCSc1cc(CC)cc(-c2ccccc2)c1.CCc1cc(-c2ccccc2)cc(S(=O)(=O)c2cnc(CN)s2)c1.CCc1cc(Br)cc(Br)c1.CCc1cc(Sc2cnc(CNC(=O)OC(C)(C)C)s2)cc(-c2ccccc2)c1. The number of thioether (sulfide) groups is 1. The van der Waals surface area contributed by atoms with Crippen LogP contribution in [0.4, 0.5) is 20.1 Å². The van der Waals surface area contributed by atoms with Crippen LogP contribution < -0.4 is 21.7 Å². The van der Waals surface area contributed by atoms with Gasteiger partial charge in [0, 0.05) is 45.7 Å². The van der Waals surface area contributed by atoms with Gasteiger partial charge in [-0.15, -0.1) is 45.8 Å². The van der Waals surface area contributed by atoms with Crippen molar-refractivity contribution in [3.8, 4) is 33.4 Å². The number of rotatable bonds is 27. The van der Waals surface area contributed by atoms with Gasteiger partial charge in [-0.25, -0.2) is 37.8 Å². The number of ether oxygens (including phenoxy) is 4. The van der Waals surface area contributed by atoms with E-state index in [1.54, 1.807) is 65.3 Å². The van der Waals surface area contributed by atoms with Gasteiger partial charge >= 0.3 is 24.2 Å². The highest BCUT2D eigenvalue weighted by Gasteiger charge is 2.24. The quantitative estimate of drug-likeness (QED) is 0.0213. The minimum Gasteiger partial charge on any atom is -0.465 e. The molecule has 1 atom stereocenters. The van der Waals surface area contributed by atoms with E-state index in [9.17, 15) is 27.6 Å². The van der Waals surface area contributed by atoms with Crippen molar-refractivity contribution in [3.63, 3.8) is 0 Å². The predicted molar refractivity (Wildman–Crippen MR) is 531 cm³/mol. The molecule has 8 aromatic carbocycles. The van der Waals surface area contributed by atoms with Crippen molar-refractivity contribution in [2.45, 2.75) is 229 Å². The molecule has 11 aromatic rings. The molecule has 5 N–H and O–H groups in total. The number of amides is 3. The van der Waals surface area contributed by atoms with Crippen LogP contribution in [0.5, 0.6) is 0 Å². The Morgan fingerprint density at radius 3 is 1.37 bits per heavy atom. The summed E-state index contributed by atoms with van der Waals surface area (Å²) in [4.78, 5) is 62.0. The molecule has 0 bridgehead atoms. The van der Waals surface area contributed by atoms with Gasteiger partial charge in [-0.1, -0.05) is 253 Å². The fourth-order valence-electron chi connectivity index (χ4n) is 11.0. The molecule has 3 amide bonds. The van der Waals surface area contributed by atoms with E-state index in [1.165, 1.54) is 79.1 Å². The maximum atomic E-state index is 12.9. The average molecular weight is 2110 g/mol. The van der Waals surface area contributed by atoms with Crippen molar-refractivity contribution in [2.75, 3.05) is 17.7 Å². The highest BCUT2D eigenvalue weighted by atomic mass is 79.9. The minimum atomic E-state index is -3.59. The third kappa shape index (κ3) is 41.5. The van der Waals surface area contributed by atoms with E-state index in [2.05, 4.69) is 242 Å². The van der Waals surface area contributed by atoms with Crippen molar-refractivity contribution in [1.82, 2.24) is 25.6 Å². The van der Waals surface area contributed by atoms with E-state index >= 15 is 0 Å². The van der Waals surface area contributed by atoms with Gasteiger partial charge in [0.2, 0.25) is 9.84 Å². The van der Waals surface area contributed by atoms with Crippen molar-refractivity contribution in [1.29, 1.82) is 0 Å². The summed E-state index contributed by atoms with van der Waals surface area (Å²) in [7, 11) is -3.59. The number of aromatic nitrogens is 3. The Bertz CT molecular complexity index is 5150. The first kappa shape index (κ1) is 106. The number of carbonyl (C=O) groups excluding carboxylic acids is 4. The Morgan fingerprint density at radius 1 is 0.488 bits per heavy atom. The minimum absolute atomic E-state index is 0. The lowest BCUT2D eigenvalue weighted by Gasteiger charge is -2.19. The summed E-state index contributed by atoms with van der Waals surface area (Å²) in [6.45, 7) is 30.9. The second kappa shape index (κ2) is 54.2. The van der Waals surface area contributed by atoms with Crippen molar-refractivity contribution in [3.05, 3.63) is 260 Å². The number of aryl methyl sites for hydroxylation is 4. The summed E-state index contributed by atoms with van der Waals surface area (Å²) in [6.07, 6.45) is 12.6. The zero-order valence-electron chi connectivity index (χ0n) is 71.9. The molecule has 0 radical (unpaired) electrons. The summed E-state index contributed by atoms with van der Waals surface area (Å²) in [5.74, 6) is 1.19. The molecule has 0 aliphatic heterocycles. The lowest BCUT2D eigenvalue weighted by Crippen LogP contribution is -2.32. The van der Waals surface area contributed by atoms with Crippen molar-refractivity contribution in [2.24, 2.45) is 11.7 Å². The molecule has 3 aromatic heterocycles. The van der Waals surface area contributed by atoms with E-state index in [0.29, 0.717) is 47.6 Å². The number of hydrogen-bond donors (Lipinski definition) is 4. The van der Waals surface area contributed by atoms with Gasteiger partial charge in [0.25, 0.3) is 0 Å². The van der Waals surface area contributed by atoms with Gasteiger partial charge in [0.1, 0.15) is 36.0 Å². The van der Waals surface area contributed by atoms with Crippen LogP contribution in [0.15, 0.2) is 245 Å². The molecule has 0 spiro atoms. The summed E-state index contributed by atoms with van der Waals surface area (Å²) in [5.41, 5.74) is 16.5. The second-order valence-electron chi connectivity index (χ2n) is 30.6. The number of benzene rings is 8. The highest BCUT2D eigenvalue weighted by Crippen LogP contribution is 2.37. The Morgan fingerprint density at radius 2 is 0.919 bits per heavy atom. The molecule has 0 saturated heterocycles. The van der Waals surface area contributed by atoms with Gasteiger partial charge in [0.15, 0.2) is 0 Å². The maximum absolute atomic E-state index is 12.9. The number of hydrogen-bond acceptors (Lipinski definition) is 19. The Labute approximate surface area is 792 Å². The predicted octanol–water partition coefficient (Wildman–Crippen LogP) is 29.3. The first-order valence-corrected chi connectivity index (χ1v) is 49.9. The largest absolute Gasteiger partial charge is 0.465 e. The molecule has 11 rings (SSSR count). The lowest BCUT2D eigenvalue weighted by atomic mass is 10.0. The number of thiazole rings is 3. The van der Waals surface area contributed by atoms with E-state index in [0.717, 1.165) is 108 Å². The van der Waals surface area contributed by atoms with Crippen LogP contribution in [0, 0.1) is 5.92 Å². The molecule has 662 valence electrons. The molecule has 0 fully saturated rings. The molecule has 28 heteroatoms. The molecule has 0 aliphatic carbocycles. The Kier molecular flexibility index (Phi) is 46.9. The van der Waals surface area contributed by atoms with Crippen LogP contribution in [-0.4, -0.2) is 76.8 Å². The average Bonchev–Trinajstić information content (AvgIpc) is 1.73. The number of nitrogens with one attached hydrogen (secondary N) is 3. The maximum Gasteiger partial charge on any atom is 0.412 e. The number of nitrogens with two attached hydrogens (primary N) is 1. The zero-order valence-corrected chi connectivity index (χ0v) is 84.7. The Balaban J connectivity index is 0.000000270. The van der Waals surface area contributed by atoms with Gasteiger partial charge < -0.3 is 35.3 Å². The molecule has 123 heavy (non-hydrogen) atoms. The normalized spacial score (nSPS) is 11.3. The van der Waals surface area contributed by atoms with Gasteiger partial charge in [-0.3, -0.25) is 10.1 Å². The summed E-state index contributed by atoms with van der Waals surface area (Å²) in [5, 5.41) is 10.4. The summed E-state index contributed by atoms with van der Waals surface area (Å²) < 4.78 is 53.2. The smallest absolute Gasteiger partial charge is 0.412 e. The molecule has 0 aliphatic rings. The van der Waals surface area contributed by atoms with Crippen LogP contribution in [0.2, 0.25) is 0 Å². The third-order valence-corrected chi connectivity index (χ3v) is 26.6. The van der Waals surface area contributed by atoms with Crippen LogP contribution in [0.25, 0.3) is 33.4 Å². The first-order chi connectivity index (χ1) is 57.9. The van der Waals surface area contributed by atoms with Crippen LogP contribution in [0.1, 0.15) is 181 Å². The first-order valence-electron chi connectivity index (χ1n) is 40.2. The number of sulfone groups is 1. The highest BCUT2D eigenvalue weighted by molar-refractivity contribution is 9.11. The second-order valence-corrected chi connectivity index (χ2v) is 43.7. The molecule has 17 nitrogen and oxygen atoms in total. The zero-order chi connectivity index (χ0) is 89.6. The lowest BCUT2D eigenvalue weighted by molar-refractivity contribution is -0.144. The topological polar surface area (TPSA) is 240 Å². The third-order valence-electron chi connectivity index (χ3n) is 17.0. The summed E-state index contributed by atoms with van der Waals surface area (Å²) in [6, 6.07) is 61.4. The monoisotopic (exact) mass is 2100 g/mol. The summed E-state index contributed by atoms with van der Waals surface area (Å²) >= 11 is 24.5. The van der Waals surface area contributed by atoms with E-state index in [1.807, 2.05) is 136 Å². The fraction of sp³-hybridized carbons (Fsp3) is 0.358. The number of alkyl carbamates (subject to hydrolysis) is 2. The van der Waals surface area contributed by atoms with Gasteiger partial charge in [0.05, 0.1) is 57.6 Å². The van der Waals surface area contributed by atoms with Crippen LogP contribution in [-0.2, 0) is 78.9 Å². The van der Waals surface area contributed by atoms with Gasteiger partial charge in [-0.2, -0.15) is 0 Å². The molecular weight excluding hydrogens is 1990 g/mol. The number of halogens is 5. The Hall–Kier alpha value is -7.06. The van der Waals surface area contributed by atoms with Gasteiger partial charge in [-0.05, 0) is 245 Å². The van der Waals surface area contributed by atoms with E-state index in [-0.39, 0.29) is 24.1 Å². The van der Waals surface area contributed by atoms with Crippen molar-refractivity contribution >= 4 is 177 Å². The van der Waals surface area contributed by atoms with Crippen LogP contribution >= 0.6 is 137 Å². The molecule has 3 heterocycles. The fourth-order valence-corrected chi connectivity index (χ4v) is 20.5. The molecule has 0 saturated carbocycles. The van der Waals surface area contributed by atoms with E-state index < -0.39 is 44.9 Å². The number of anilines is 1. The van der Waals surface area contributed by atoms with Crippen LogP contribution in [0.3, 0.4) is 0 Å².